The summed E-state index contributed by atoms with van der Waals surface area (Å²) in [6.45, 7) is 4.93. The Labute approximate surface area is 156 Å². The van der Waals surface area contributed by atoms with Crippen molar-refractivity contribution in [2.24, 2.45) is 17.8 Å². The normalized spacial score (nSPS) is 28.7. The molecule has 5 heteroatoms. The van der Waals surface area contributed by atoms with Crippen LogP contribution in [0.1, 0.15) is 31.2 Å². The van der Waals surface area contributed by atoms with Gasteiger partial charge < -0.3 is 19.7 Å². The van der Waals surface area contributed by atoms with Gasteiger partial charge in [0.15, 0.2) is 0 Å². The number of amides is 1. The molecule has 2 saturated heterocycles. The van der Waals surface area contributed by atoms with Gasteiger partial charge in [-0.05, 0) is 62.1 Å². The zero-order valence-corrected chi connectivity index (χ0v) is 15.4. The summed E-state index contributed by atoms with van der Waals surface area (Å²) in [4.78, 5) is 14.9. The summed E-state index contributed by atoms with van der Waals surface area (Å²) in [7, 11) is 0. The molecule has 1 N–H and O–H groups in total. The molecule has 142 valence electrons. The molecule has 1 saturated carbocycles. The minimum atomic E-state index is -0.140. The predicted molar refractivity (Wildman–Crippen MR) is 99.7 cm³/mol. The van der Waals surface area contributed by atoms with Crippen molar-refractivity contribution in [3.8, 4) is 0 Å². The van der Waals surface area contributed by atoms with E-state index in [4.69, 9.17) is 9.47 Å². The SMILES string of the molecule is O=C(OCC1CCOCC1)N(Cc1ccccc1)C1CC2CNCC2C1. The molecule has 2 heterocycles. The monoisotopic (exact) mass is 358 g/mol. The highest BCUT2D eigenvalue weighted by Gasteiger charge is 2.41. The lowest BCUT2D eigenvalue weighted by Crippen LogP contribution is -2.40. The smallest absolute Gasteiger partial charge is 0.410 e. The summed E-state index contributed by atoms with van der Waals surface area (Å²) < 4.78 is 11.2. The Kier molecular flexibility index (Phi) is 5.75. The van der Waals surface area contributed by atoms with Gasteiger partial charge in [-0.15, -0.1) is 0 Å². The van der Waals surface area contributed by atoms with E-state index < -0.39 is 0 Å². The molecule has 3 aliphatic rings. The zero-order chi connectivity index (χ0) is 17.8. The Morgan fingerprint density at radius 3 is 2.50 bits per heavy atom. The third-order valence-electron chi connectivity index (χ3n) is 6.28. The van der Waals surface area contributed by atoms with Crippen molar-refractivity contribution >= 4 is 6.09 Å². The van der Waals surface area contributed by atoms with Crippen molar-refractivity contribution < 1.29 is 14.3 Å². The van der Waals surface area contributed by atoms with Gasteiger partial charge in [0.25, 0.3) is 0 Å². The predicted octanol–water partition coefficient (Wildman–Crippen LogP) is 3.05. The summed E-state index contributed by atoms with van der Waals surface area (Å²) in [5, 5.41) is 3.48. The second kappa shape index (κ2) is 8.40. The van der Waals surface area contributed by atoms with E-state index in [1.165, 1.54) is 5.56 Å². The molecule has 0 spiro atoms. The minimum Gasteiger partial charge on any atom is -0.449 e. The van der Waals surface area contributed by atoms with E-state index in [0.29, 0.717) is 36.9 Å². The third-order valence-corrected chi connectivity index (χ3v) is 6.28. The fourth-order valence-electron chi connectivity index (χ4n) is 4.70. The summed E-state index contributed by atoms with van der Waals surface area (Å²) in [6, 6.07) is 10.6. The van der Waals surface area contributed by atoms with Crippen LogP contribution < -0.4 is 5.32 Å². The number of hydrogen-bond acceptors (Lipinski definition) is 4. The third kappa shape index (κ3) is 4.21. The molecule has 1 aromatic rings. The first-order valence-electron chi connectivity index (χ1n) is 10.1. The number of nitrogens with zero attached hydrogens (tertiary/aromatic N) is 1. The number of carbonyl (C=O) groups is 1. The molecule has 3 fully saturated rings. The molecule has 0 bridgehead atoms. The van der Waals surface area contributed by atoms with Crippen LogP contribution in [0, 0.1) is 17.8 Å². The Hall–Kier alpha value is -1.59. The topological polar surface area (TPSA) is 50.8 Å². The molecule has 4 rings (SSSR count). The van der Waals surface area contributed by atoms with Gasteiger partial charge in [-0.1, -0.05) is 30.3 Å². The Morgan fingerprint density at radius 1 is 1.12 bits per heavy atom. The fraction of sp³-hybridized carbons (Fsp3) is 0.667. The number of hydrogen-bond donors (Lipinski definition) is 1. The number of benzene rings is 1. The molecule has 2 unspecified atom stereocenters. The number of nitrogens with one attached hydrogen (secondary N) is 1. The molecular formula is C21H30N2O3. The van der Waals surface area contributed by atoms with Gasteiger partial charge in [-0.3, -0.25) is 0 Å². The Morgan fingerprint density at radius 2 is 1.81 bits per heavy atom. The van der Waals surface area contributed by atoms with Crippen molar-refractivity contribution in [1.82, 2.24) is 10.2 Å². The first kappa shape index (κ1) is 17.8. The lowest BCUT2D eigenvalue weighted by atomic mass is 10.0. The van der Waals surface area contributed by atoms with Crippen molar-refractivity contribution in [3.05, 3.63) is 35.9 Å². The largest absolute Gasteiger partial charge is 0.449 e. The average molecular weight is 358 g/mol. The number of ether oxygens (including phenoxy) is 2. The highest BCUT2D eigenvalue weighted by molar-refractivity contribution is 5.68. The van der Waals surface area contributed by atoms with Crippen LogP contribution in [0.2, 0.25) is 0 Å². The van der Waals surface area contributed by atoms with Gasteiger partial charge in [0, 0.05) is 25.8 Å². The summed E-state index contributed by atoms with van der Waals surface area (Å²) in [5.74, 6) is 1.86. The number of fused-ring (bicyclic) bond motifs is 1. The Balaban J connectivity index is 1.40. The fourth-order valence-corrected chi connectivity index (χ4v) is 4.70. The van der Waals surface area contributed by atoms with Gasteiger partial charge in [0.1, 0.15) is 0 Å². The lowest BCUT2D eigenvalue weighted by molar-refractivity contribution is 0.0242. The van der Waals surface area contributed by atoms with E-state index in [1.54, 1.807) is 0 Å². The van der Waals surface area contributed by atoms with Crippen molar-refractivity contribution in [1.29, 1.82) is 0 Å². The van der Waals surface area contributed by atoms with E-state index >= 15 is 0 Å². The molecule has 1 amide bonds. The van der Waals surface area contributed by atoms with Gasteiger partial charge in [0.2, 0.25) is 0 Å². The number of rotatable bonds is 5. The van der Waals surface area contributed by atoms with Gasteiger partial charge in [0.05, 0.1) is 6.61 Å². The second-order valence-corrected chi connectivity index (χ2v) is 8.05. The first-order chi connectivity index (χ1) is 12.8. The molecule has 2 aliphatic heterocycles. The maximum absolute atomic E-state index is 13.0. The molecular weight excluding hydrogens is 328 g/mol. The van der Waals surface area contributed by atoms with Crippen molar-refractivity contribution in [3.63, 3.8) is 0 Å². The van der Waals surface area contributed by atoms with E-state index in [9.17, 15) is 4.79 Å². The van der Waals surface area contributed by atoms with Crippen molar-refractivity contribution in [2.75, 3.05) is 32.9 Å². The first-order valence-corrected chi connectivity index (χ1v) is 10.1. The molecule has 0 radical (unpaired) electrons. The van der Waals surface area contributed by atoms with Crippen LogP contribution in [0.15, 0.2) is 30.3 Å². The lowest BCUT2D eigenvalue weighted by Gasteiger charge is -2.30. The van der Waals surface area contributed by atoms with Gasteiger partial charge in [-0.25, -0.2) is 4.79 Å². The zero-order valence-electron chi connectivity index (χ0n) is 15.4. The molecule has 1 aliphatic carbocycles. The highest BCUT2D eigenvalue weighted by atomic mass is 16.6. The summed E-state index contributed by atoms with van der Waals surface area (Å²) in [6.07, 6.45) is 4.03. The van der Waals surface area contributed by atoms with Gasteiger partial charge >= 0.3 is 6.09 Å². The van der Waals surface area contributed by atoms with E-state index in [2.05, 4.69) is 17.4 Å². The quantitative estimate of drug-likeness (QED) is 0.879. The standard InChI is InChI=1S/C21H30N2O3/c24-21(26-15-17-6-8-25-9-7-17)23(14-16-4-2-1-3-5-16)20-10-18-12-22-13-19(18)11-20/h1-5,17-20,22H,6-15H2. The molecule has 0 aromatic heterocycles. The van der Waals surface area contributed by atoms with Crippen LogP contribution in [0.4, 0.5) is 4.79 Å². The molecule has 5 nitrogen and oxygen atoms in total. The van der Waals surface area contributed by atoms with Crippen LogP contribution in [-0.2, 0) is 16.0 Å². The van der Waals surface area contributed by atoms with Gasteiger partial charge in [-0.2, -0.15) is 0 Å². The molecule has 1 aromatic carbocycles. The van der Waals surface area contributed by atoms with Crippen LogP contribution in [0.3, 0.4) is 0 Å². The maximum atomic E-state index is 13.0. The highest BCUT2D eigenvalue weighted by Crippen LogP contribution is 2.37. The van der Waals surface area contributed by atoms with E-state index in [0.717, 1.165) is 52.0 Å². The average Bonchev–Trinajstić information content (AvgIpc) is 3.28. The van der Waals surface area contributed by atoms with E-state index in [1.807, 2.05) is 23.1 Å². The summed E-state index contributed by atoms with van der Waals surface area (Å²) in [5.41, 5.74) is 1.17. The molecule has 2 atom stereocenters. The van der Waals surface area contributed by atoms with Crippen LogP contribution in [0.5, 0.6) is 0 Å². The second-order valence-electron chi connectivity index (χ2n) is 8.05. The Bertz CT molecular complexity index is 576. The minimum absolute atomic E-state index is 0.140. The van der Waals surface area contributed by atoms with Crippen LogP contribution in [0.25, 0.3) is 0 Å². The van der Waals surface area contributed by atoms with Crippen molar-refractivity contribution in [2.45, 2.75) is 38.3 Å². The van der Waals surface area contributed by atoms with Crippen LogP contribution in [-0.4, -0.2) is 49.9 Å². The maximum Gasteiger partial charge on any atom is 0.410 e. The number of carbonyl (C=O) groups excluding carboxylic acids is 1. The van der Waals surface area contributed by atoms with E-state index in [-0.39, 0.29) is 6.09 Å². The van der Waals surface area contributed by atoms with Crippen LogP contribution >= 0.6 is 0 Å². The molecule has 26 heavy (non-hydrogen) atoms. The summed E-state index contributed by atoms with van der Waals surface area (Å²) >= 11 is 0.